The van der Waals surface area contributed by atoms with E-state index in [9.17, 15) is 18.0 Å². The Morgan fingerprint density at radius 2 is 2.10 bits per heavy atom. The minimum atomic E-state index is -4.62. The summed E-state index contributed by atoms with van der Waals surface area (Å²) in [6.07, 6.45) is -1.99. The molecule has 0 aliphatic carbocycles. The van der Waals surface area contributed by atoms with Crippen molar-refractivity contribution in [2.45, 2.75) is 12.7 Å². The second-order valence-corrected chi connectivity index (χ2v) is 4.28. The normalized spacial score (nSPS) is 11.5. The fourth-order valence-electron chi connectivity index (χ4n) is 1.66. The molecule has 8 heteroatoms. The van der Waals surface area contributed by atoms with Crippen molar-refractivity contribution in [3.63, 3.8) is 0 Å². The van der Waals surface area contributed by atoms with Gasteiger partial charge in [0.2, 0.25) is 0 Å². The summed E-state index contributed by atoms with van der Waals surface area (Å²) in [5, 5.41) is 0. The molecule has 0 unspecified atom stereocenters. The Morgan fingerprint density at radius 3 is 2.71 bits per heavy atom. The van der Waals surface area contributed by atoms with E-state index in [1.165, 1.54) is 25.5 Å². The molecule has 0 saturated heterocycles. The van der Waals surface area contributed by atoms with Gasteiger partial charge in [0.15, 0.2) is 0 Å². The molecule has 21 heavy (non-hydrogen) atoms. The SMILES string of the molecule is Cn1ccnc(Oc2ccc(CN)cc2C(F)(F)F)c1=O. The quantitative estimate of drug-likeness (QED) is 0.941. The summed E-state index contributed by atoms with van der Waals surface area (Å²) in [5.74, 6) is -0.915. The van der Waals surface area contributed by atoms with Crippen LogP contribution in [0, 0.1) is 0 Å². The Hall–Kier alpha value is -2.35. The van der Waals surface area contributed by atoms with E-state index in [2.05, 4.69) is 4.98 Å². The van der Waals surface area contributed by atoms with E-state index < -0.39 is 28.9 Å². The molecule has 0 atom stereocenters. The lowest BCUT2D eigenvalue weighted by atomic mass is 10.1. The smallest absolute Gasteiger partial charge is 0.419 e. The maximum absolute atomic E-state index is 13.0. The zero-order valence-corrected chi connectivity index (χ0v) is 11.0. The van der Waals surface area contributed by atoms with Gasteiger partial charge in [-0.2, -0.15) is 13.2 Å². The first-order valence-electron chi connectivity index (χ1n) is 5.92. The van der Waals surface area contributed by atoms with E-state index in [1.807, 2.05) is 0 Å². The van der Waals surface area contributed by atoms with Gasteiger partial charge >= 0.3 is 11.7 Å². The number of benzene rings is 1. The van der Waals surface area contributed by atoms with Crippen LogP contribution < -0.4 is 16.0 Å². The summed E-state index contributed by atoms with van der Waals surface area (Å²) >= 11 is 0. The molecule has 0 amide bonds. The summed E-state index contributed by atoms with van der Waals surface area (Å²) in [6, 6.07) is 3.42. The van der Waals surface area contributed by atoms with Gasteiger partial charge in [0.25, 0.3) is 5.88 Å². The third-order valence-corrected chi connectivity index (χ3v) is 2.78. The number of halogens is 3. The van der Waals surface area contributed by atoms with Gasteiger partial charge in [-0.1, -0.05) is 6.07 Å². The van der Waals surface area contributed by atoms with Crippen molar-refractivity contribution in [2.75, 3.05) is 0 Å². The fourth-order valence-corrected chi connectivity index (χ4v) is 1.66. The lowest BCUT2D eigenvalue weighted by molar-refractivity contribution is -0.138. The van der Waals surface area contributed by atoms with Gasteiger partial charge in [-0.05, 0) is 17.7 Å². The molecule has 0 fully saturated rings. The predicted octanol–water partition coefficient (Wildman–Crippen LogP) is 2.05. The van der Waals surface area contributed by atoms with Crippen LogP contribution in [0.3, 0.4) is 0 Å². The van der Waals surface area contributed by atoms with Crippen molar-refractivity contribution in [3.8, 4) is 11.6 Å². The molecule has 0 spiro atoms. The molecule has 0 aliphatic heterocycles. The fraction of sp³-hybridized carbons (Fsp3) is 0.231. The largest absolute Gasteiger partial charge is 0.434 e. The highest BCUT2D eigenvalue weighted by atomic mass is 19.4. The highest BCUT2D eigenvalue weighted by molar-refractivity contribution is 5.41. The zero-order valence-electron chi connectivity index (χ0n) is 11.0. The number of rotatable bonds is 3. The van der Waals surface area contributed by atoms with Crippen molar-refractivity contribution in [1.29, 1.82) is 0 Å². The van der Waals surface area contributed by atoms with Crippen LogP contribution in [0.1, 0.15) is 11.1 Å². The molecule has 0 radical (unpaired) electrons. The Kier molecular flexibility index (Phi) is 3.99. The van der Waals surface area contributed by atoms with E-state index >= 15 is 0 Å². The first-order valence-corrected chi connectivity index (χ1v) is 5.92. The molecule has 0 saturated carbocycles. The molecule has 5 nitrogen and oxygen atoms in total. The number of nitrogens with two attached hydrogens (primary N) is 1. The van der Waals surface area contributed by atoms with Crippen LogP contribution in [0.15, 0.2) is 35.4 Å². The Morgan fingerprint density at radius 1 is 1.38 bits per heavy atom. The molecule has 2 aromatic rings. The maximum Gasteiger partial charge on any atom is 0.419 e. The maximum atomic E-state index is 13.0. The monoisotopic (exact) mass is 299 g/mol. The number of alkyl halides is 3. The topological polar surface area (TPSA) is 70.1 Å². The number of hydrogen-bond acceptors (Lipinski definition) is 4. The Bertz CT molecular complexity index is 711. The van der Waals surface area contributed by atoms with Gasteiger partial charge in [-0.15, -0.1) is 0 Å². The molecule has 1 aromatic heterocycles. The van der Waals surface area contributed by atoms with E-state index in [0.717, 1.165) is 16.7 Å². The van der Waals surface area contributed by atoms with Crippen LogP contribution in [-0.4, -0.2) is 9.55 Å². The first kappa shape index (κ1) is 15.0. The number of hydrogen-bond donors (Lipinski definition) is 1. The van der Waals surface area contributed by atoms with Crippen molar-refractivity contribution in [1.82, 2.24) is 9.55 Å². The highest BCUT2D eigenvalue weighted by Gasteiger charge is 2.35. The van der Waals surface area contributed by atoms with Crippen molar-refractivity contribution in [3.05, 3.63) is 52.1 Å². The average molecular weight is 299 g/mol. The molecular formula is C13H12F3N3O2. The predicted molar refractivity (Wildman–Crippen MR) is 68.9 cm³/mol. The molecule has 1 aromatic carbocycles. The Balaban J connectivity index is 2.49. The Labute approximate surface area is 117 Å². The van der Waals surface area contributed by atoms with Crippen LogP contribution in [0.4, 0.5) is 13.2 Å². The van der Waals surface area contributed by atoms with Gasteiger partial charge in [0, 0.05) is 26.0 Å². The number of nitrogens with zero attached hydrogens (tertiary/aromatic N) is 2. The standard InChI is InChI=1S/C13H12F3N3O2/c1-19-5-4-18-11(12(19)20)21-10-3-2-8(7-17)6-9(10)13(14,15)16/h2-6H,7,17H2,1H3. The number of aromatic nitrogens is 2. The zero-order chi connectivity index (χ0) is 15.6. The summed E-state index contributed by atoms with van der Waals surface area (Å²) < 4.78 is 45.3. The third-order valence-electron chi connectivity index (χ3n) is 2.78. The van der Waals surface area contributed by atoms with Crippen molar-refractivity contribution in [2.24, 2.45) is 12.8 Å². The van der Waals surface area contributed by atoms with Gasteiger partial charge in [-0.3, -0.25) is 4.79 Å². The number of aryl methyl sites for hydroxylation is 1. The van der Waals surface area contributed by atoms with Gasteiger partial charge in [-0.25, -0.2) is 4.98 Å². The summed E-state index contributed by atoms with van der Waals surface area (Å²) in [6.45, 7) is -0.0330. The lowest BCUT2D eigenvalue weighted by Crippen LogP contribution is -2.19. The van der Waals surface area contributed by atoms with Crippen molar-refractivity contribution < 1.29 is 17.9 Å². The van der Waals surface area contributed by atoms with E-state index in [4.69, 9.17) is 10.5 Å². The van der Waals surface area contributed by atoms with Gasteiger partial charge in [0.1, 0.15) is 5.75 Å². The first-order chi connectivity index (χ1) is 9.82. The van der Waals surface area contributed by atoms with E-state index in [1.54, 1.807) is 0 Å². The van der Waals surface area contributed by atoms with Crippen LogP contribution >= 0.6 is 0 Å². The molecule has 0 bridgehead atoms. The van der Waals surface area contributed by atoms with Gasteiger partial charge < -0.3 is 15.0 Å². The summed E-state index contributed by atoms with van der Waals surface area (Å²) in [5.41, 5.74) is 4.01. The molecule has 1 heterocycles. The summed E-state index contributed by atoms with van der Waals surface area (Å²) in [4.78, 5) is 15.4. The van der Waals surface area contributed by atoms with Crippen LogP contribution in [0.2, 0.25) is 0 Å². The summed E-state index contributed by atoms with van der Waals surface area (Å²) in [7, 11) is 1.44. The highest BCUT2D eigenvalue weighted by Crippen LogP contribution is 2.37. The van der Waals surface area contributed by atoms with Gasteiger partial charge in [0.05, 0.1) is 5.56 Å². The third kappa shape index (κ3) is 3.22. The molecule has 0 aliphatic rings. The van der Waals surface area contributed by atoms with Crippen LogP contribution in [-0.2, 0) is 19.8 Å². The van der Waals surface area contributed by atoms with Crippen LogP contribution in [0.25, 0.3) is 0 Å². The van der Waals surface area contributed by atoms with Crippen molar-refractivity contribution >= 4 is 0 Å². The number of ether oxygens (including phenoxy) is 1. The minimum absolute atomic E-state index is 0.0330. The second kappa shape index (κ2) is 5.57. The minimum Gasteiger partial charge on any atom is -0.434 e. The molecule has 112 valence electrons. The second-order valence-electron chi connectivity index (χ2n) is 4.28. The van der Waals surface area contributed by atoms with E-state index in [-0.39, 0.29) is 6.54 Å². The van der Waals surface area contributed by atoms with E-state index in [0.29, 0.717) is 5.56 Å². The molecule has 2 N–H and O–H groups in total. The molecule has 2 rings (SSSR count). The molecular weight excluding hydrogens is 287 g/mol. The lowest BCUT2D eigenvalue weighted by Gasteiger charge is -2.14. The van der Waals surface area contributed by atoms with Crippen LogP contribution in [0.5, 0.6) is 11.6 Å². The average Bonchev–Trinajstić information content (AvgIpc) is 2.43.